The Kier molecular flexibility index (Phi) is 8.18. The van der Waals surface area contributed by atoms with Crippen molar-refractivity contribution in [2.24, 2.45) is 16.6 Å². The third-order valence-corrected chi connectivity index (χ3v) is 5.25. The Bertz CT molecular complexity index is 611. The molecule has 0 saturated carbocycles. The molecular weight excluding hydrogens is 439 g/mol. The first kappa shape index (κ1) is 21.0. The fraction of sp³-hybridized carbons (Fsp3) is 0.600. The van der Waals surface area contributed by atoms with Crippen molar-refractivity contribution in [3.8, 4) is 0 Å². The van der Waals surface area contributed by atoms with Gasteiger partial charge in [0, 0.05) is 31.7 Å². The second kappa shape index (κ2) is 10.1. The van der Waals surface area contributed by atoms with Crippen LogP contribution in [0.2, 0.25) is 0 Å². The lowest BCUT2D eigenvalue weighted by atomic mass is 10.0. The van der Waals surface area contributed by atoms with Crippen LogP contribution in [0.1, 0.15) is 54.9 Å². The number of carbonyl (C=O) groups is 1. The van der Waals surface area contributed by atoms with Gasteiger partial charge in [-0.15, -0.1) is 24.0 Å². The monoisotopic (exact) mass is 470 g/mol. The highest BCUT2D eigenvalue weighted by Gasteiger charge is 2.19. The molecule has 2 fully saturated rings. The molecule has 1 atom stereocenters. The average molecular weight is 470 g/mol. The summed E-state index contributed by atoms with van der Waals surface area (Å²) < 4.78 is 0. The maximum absolute atomic E-state index is 12.5. The summed E-state index contributed by atoms with van der Waals surface area (Å²) in [6.07, 6.45) is 5.93. The van der Waals surface area contributed by atoms with E-state index in [0.29, 0.717) is 18.4 Å². The van der Waals surface area contributed by atoms with Gasteiger partial charge in [-0.25, -0.2) is 4.99 Å². The van der Waals surface area contributed by atoms with E-state index in [4.69, 9.17) is 5.73 Å². The van der Waals surface area contributed by atoms with Gasteiger partial charge in [-0.3, -0.25) is 4.79 Å². The number of guanidine groups is 1. The van der Waals surface area contributed by atoms with Gasteiger partial charge in [0.15, 0.2) is 5.96 Å². The highest BCUT2D eigenvalue weighted by atomic mass is 127. The first-order valence-corrected chi connectivity index (χ1v) is 9.56. The summed E-state index contributed by atoms with van der Waals surface area (Å²) in [4.78, 5) is 21.2. The molecule has 2 N–H and O–H groups in total. The molecule has 0 spiro atoms. The number of piperidine rings is 2. The van der Waals surface area contributed by atoms with Gasteiger partial charge in [0.25, 0.3) is 5.91 Å². The molecular formula is C20H31IN4O. The quantitative estimate of drug-likeness (QED) is 0.418. The summed E-state index contributed by atoms with van der Waals surface area (Å²) in [5.74, 6) is 1.47. The topological polar surface area (TPSA) is 61.9 Å². The van der Waals surface area contributed by atoms with Crippen LogP contribution in [0.25, 0.3) is 0 Å². The van der Waals surface area contributed by atoms with E-state index in [1.54, 1.807) is 0 Å². The summed E-state index contributed by atoms with van der Waals surface area (Å²) in [7, 11) is 0. The van der Waals surface area contributed by atoms with E-state index in [2.05, 4.69) is 16.8 Å². The van der Waals surface area contributed by atoms with Crippen LogP contribution in [-0.2, 0) is 6.54 Å². The Morgan fingerprint density at radius 2 is 1.73 bits per heavy atom. The molecule has 5 nitrogen and oxygen atoms in total. The lowest BCUT2D eigenvalue weighted by Crippen LogP contribution is -2.43. The second-order valence-corrected chi connectivity index (χ2v) is 7.42. The van der Waals surface area contributed by atoms with Gasteiger partial charge in [0.05, 0.1) is 6.54 Å². The van der Waals surface area contributed by atoms with Crippen LogP contribution in [0.4, 0.5) is 0 Å². The molecule has 1 aromatic rings. The maximum Gasteiger partial charge on any atom is 0.253 e. The first-order valence-electron chi connectivity index (χ1n) is 9.56. The zero-order chi connectivity index (χ0) is 17.6. The Balaban J connectivity index is 0.00000243. The van der Waals surface area contributed by atoms with Crippen molar-refractivity contribution in [1.82, 2.24) is 9.80 Å². The molecule has 2 aliphatic heterocycles. The number of nitrogens with two attached hydrogens (primary N) is 1. The molecule has 1 amide bonds. The molecule has 1 unspecified atom stereocenters. The van der Waals surface area contributed by atoms with Gasteiger partial charge in [0.1, 0.15) is 0 Å². The van der Waals surface area contributed by atoms with Crippen molar-refractivity contribution in [1.29, 1.82) is 0 Å². The molecule has 0 aliphatic carbocycles. The molecule has 2 heterocycles. The van der Waals surface area contributed by atoms with Crippen molar-refractivity contribution >= 4 is 35.8 Å². The summed E-state index contributed by atoms with van der Waals surface area (Å²) >= 11 is 0. The molecule has 0 bridgehead atoms. The fourth-order valence-corrected chi connectivity index (χ4v) is 3.70. The molecule has 144 valence electrons. The fourth-order valence-electron chi connectivity index (χ4n) is 3.70. The predicted octanol–water partition coefficient (Wildman–Crippen LogP) is 3.48. The zero-order valence-electron chi connectivity index (χ0n) is 15.7. The Labute approximate surface area is 174 Å². The highest BCUT2D eigenvalue weighted by molar-refractivity contribution is 14.0. The van der Waals surface area contributed by atoms with Crippen LogP contribution in [0.3, 0.4) is 0 Å². The van der Waals surface area contributed by atoms with E-state index < -0.39 is 0 Å². The van der Waals surface area contributed by atoms with E-state index in [-0.39, 0.29) is 29.9 Å². The van der Waals surface area contributed by atoms with Gasteiger partial charge in [-0.2, -0.15) is 0 Å². The smallest absolute Gasteiger partial charge is 0.253 e. The number of amides is 1. The predicted molar refractivity (Wildman–Crippen MR) is 117 cm³/mol. The number of carbonyl (C=O) groups excluding carboxylic acids is 1. The minimum absolute atomic E-state index is 0. The molecule has 0 radical (unpaired) electrons. The standard InChI is InChI=1S/C20H30N4O.HI/c1-16-6-5-13-24(15-16)20(21)22-14-17-7-9-18(10-8-17)19(25)23-11-3-2-4-12-23;/h7-10,16H,2-6,11-15H2,1H3,(H2,21,22);1H. The molecule has 2 aliphatic rings. The molecule has 26 heavy (non-hydrogen) atoms. The van der Waals surface area contributed by atoms with Gasteiger partial charge in [-0.1, -0.05) is 19.1 Å². The van der Waals surface area contributed by atoms with Crippen LogP contribution >= 0.6 is 24.0 Å². The Hall–Kier alpha value is -1.31. The average Bonchev–Trinajstić information content (AvgIpc) is 2.66. The number of aliphatic imine (C=N–C) groups is 1. The van der Waals surface area contributed by atoms with Crippen LogP contribution in [0, 0.1) is 5.92 Å². The normalized spacial score (nSPS) is 21.3. The number of halogens is 1. The van der Waals surface area contributed by atoms with Gasteiger partial charge in [-0.05, 0) is 55.7 Å². The summed E-state index contributed by atoms with van der Waals surface area (Å²) in [5.41, 5.74) is 8.01. The SMILES string of the molecule is CC1CCCN(C(N)=NCc2ccc(C(=O)N3CCCCC3)cc2)C1.I. The number of nitrogens with zero attached hydrogens (tertiary/aromatic N) is 3. The number of likely N-dealkylation sites (tertiary alicyclic amines) is 2. The van der Waals surface area contributed by atoms with Crippen molar-refractivity contribution in [2.75, 3.05) is 26.2 Å². The van der Waals surface area contributed by atoms with Gasteiger partial charge < -0.3 is 15.5 Å². The van der Waals surface area contributed by atoms with E-state index in [1.807, 2.05) is 29.2 Å². The first-order chi connectivity index (χ1) is 12.1. The van der Waals surface area contributed by atoms with E-state index >= 15 is 0 Å². The van der Waals surface area contributed by atoms with Crippen LogP contribution in [0.15, 0.2) is 29.3 Å². The van der Waals surface area contributed by atoms with Gasteiger partial charge in [0.2, 0.25) is 0 Å². The lowest BCUT2D eigenvalue weighted by Gasteiger charge is -2.31. The molecule has 2 saturated heterocycles. The van der Waals surface area contributed by atoms with Crippen molar-refractivity contribution < 1.29 is 4.79 Å². The van der Waals surface area contributed by atoms with E-state index in [0.717, 1.165) is 50.1 Å². The molecule has 3 rings (SSSR count). The number of benzene rings is 1. The number of hydrogen-bond acceptors (Lipinski definition) is 2. The summed E-state index contributed by atoms with van der Waals surface area (Å²) in [6, 6.07) is 7.82. The zero-order valence-corrected chi connectivity index (χ0v) is 18.0. The minimum Gasteiger partial charge on any atom is -0.370 e. The van der Waals surface area contributed by atoms with Crippen LogP contribution in [-0.4, -0.2) is 47.8 Å². The number of hydrogen-bond donors (Lipinski definition) is 1. The highest BCUT2D eigenvalue weighted by Crippen LogP contribution is 2.16. The molecule has 6 heteroatoms. The second-order valence-electron chi connectivity index (χ2n) is 7.42. The lowest BCUT2D eigenvalue weighted by molar-refractivity contribution is 0.0724. The third kappa shape index (κ3) is 5.59. The van der Waals surface area contributed by atoms with Crippen LogP contribution < -0.4 is 5.73 Å². The van der Waals surface area contributed by atoms with Crippen molar-refractivity contribution in [3.63, 3.8) is 0 Å². The third-order valence-electron chi connectivity index (χ3n) is 5.25. The van der Waals surface area contributed by atoms with E-state index in [9.17, 15) is 4.79 Å². The largest absolute Gasteiger partial charge is 0.370 e. The molecule has 1 aromatic carbocycles. The Morgan fingerprint density at radius 3 is 2.38 bits per heavy atom. The number of rotatable bonds is 3. The Morgan fingerprint density at radius 1 is 1.08 bits per heavy atom. The van der Waals surface area contributed by atoms with Crippen molar-refractivity contribution in [2.45, 2.75) is 45.6 Å². The van der Waals surface area contributed by atoms with E-state index in [1.165, 1.54) is 19.3 Å². The molecule has 0 aromatic heterocycles. The summed E-state index contributed by atoms with van der Waals surface area (Å²) in [5, 5.41) is 0. The van der Waals surface area contributed by atoms with Crippen LogP contribution in [0.5, 0.6) is 0 Å². The minimum atomic E-state index is 0. The maximum atomic E-state index is 12.5. The van der Waals surface area contributed by atoms with Gasteiger partial charge >= 0.3 is 0 Å². The summed E-state index contributed by atoms with van der Waals surface area (Å²) in [6.45, 7) is 6.60. The van der Waals surface area contributed by atoms with Crippen molar-refractivity contribution in [3.05, 3.63) is 35.4 Å².